The number of nitrogens with two attached hydrogens (primary N) is 1. The number of anilines is 1. The van der Waals surface area contributed by atoms with Crippen LogP contribution in [0, 0.1) is 12.7 Å². The monoisotopic (exact) mass is 593 g/mol. The summed E-state index contributed by atoms with van der Waals surface area (Å²) in [6, 6.07) is 4.56. The average Bonchev–Trinajstić information content (AvgIpc) is 3.33. The second-order valence-electron chi connectivity index (χ2n) is 9.06. The Kier molecular flexibility index (Phi) is 8.04. The highest BCUT2D eigenvalue weighted by molar-refractivity contribution is 7.81. The van der Waals surface area contributed by atoms with Crippen molar-refractivity contribution in [1.29, 1.82) is 0 Å². The number of nitrogens with zero attached hydrogens (tertiary/aromatic N) is 5. The van der Waals surface area contributed by atoms with Crippen LogP contribution in [0.2, 0.25) is 10.0 Å². The Balaban J connectivity index is 1.45. The summed E-state index contributed by atoms with van der Waals surface area (Å²) in [6.07, 6.45) is 3.58. The van der Waals surface area contributed by atoms with Crippen LogP contribution in [-0.2, 0) is 17.6 Å². The zero-order valence-electron chi connectivity index (χ0n) is 21.1. The van der Waals surface area contributed by atoms with Crippen LogP contribution >= 0.6 is 23.2 Å². The molecule has 1 aliphatic rings. The lowest BCUT2D eigenvalue weighted by atomic mass is 10.1. The molecule has 1 fully saturated rings. The Bertz CT molecular complexity index is 1560. The zero-order chi connectivity index (χ0) is 27.8. The van der Waals surface area contributed by atoms with Gasteiger partial charge in [-0.3, -0.25) is 15.8 Å². The van der Waals surface area contributed by atoms with E-state index in [0.29, 0.717) is 71.0 Å². The van der Waals surface area contributed by atoms with E-state index in [2.05, 4.69) is 25.1 Å². The fourth-order valence-electron chi connectivity index (χ4n) is 4.56. The molecular formula is C25H26Cl2FN7O3S. The van der Waals surface area contributed by atoms with Gasteiger partial charge in [0, 0.05) is 73.0 Å². The number of ether oxygens (including phenoxy) is 1. The molecule has 206 valence electrons. The molecule has 0 amide bonds. The highest BCUT2D eigenvalue weighted by atomic mass is 35.5. The zero-order valence-corrected chi connectivity index (χ0v) is 23.4. The number of hydrogen-bond acceptors (Lipinski definition) is 8. The van der Waals surface area contributed by atoms with E-state index >= 15 is 0 Å². The van der Waals surface area contributed by atoms with Crippen LogP contribution in [0.5, 0.6) is 5.75 Å². The van der Waals surface area contributed by atoms with Crippen molar-refractivity contribution in [2.75, 3.05) is 37.3 Å². The van der Waals surface area contributed by atoms with Crippen molar-refractivity contribution in [3.63, 3.8) is 0 Å². The Labute approximate surface area is 236 Å². The van der Waals surface area contributed by atoms with Gasteiger partial charge < -0.3 is 14.7 Å². The summed E-state index contributed by atoms with van der Waals surface area (Å²) in [5.41, 5.74) is 9.22. The maximum atomic E-state index is 15.0. The Morgan fingerprint density at radius 2 is 1.95 bits per heavy atom. The predicted octanol–water partition coefficient (Wildman–Crippen LogP) is 3.72. The number of hydrogen-bond donors (Lipinski definition) is 3. The van der Waals surface area contributed by atoms with Crippen molar-refractivity contribution in [2.24, 2.45) is 5.73 Å². The molecular weight excluding hydrogens is 568 g/mol. The quantitative estimate of drug-likeness (QED) is 0.276. The summed E-state index contributed by atoms with van der Waals surface area (Å²) in [7, 11) is -1.03. The number of halogens is 3. The van der Waals surface area contributed by atoms with E-state index in [1.54, 1.807) is 25.4 Å². The van der Waals surface area contributed by atoms with E-state index in [1.807, 2.05) is 4.31 Å². The van der Waals surface area contributed by atoms with Crippen LogP contribution in [0.1, 0.15) is 23.0 Å². The number of pyridine rings is 2. The fraction of sp³-hybridized carbons (Fsp3) is 0.320. The second kappa shape index (κ2) is 11.3. The number of rotatable bonds is 7. The highest BCUT2D eigenvalue weighted by Gasteiger charge is 2.24. The number of aryl methyl sites for hydroxylation is 1. The number of piperazine rings is 1. The van der Waals surface area contributed by atoms with Gasteiger partial charge in [-0.25, -0.2) is 17.9 Å². The predicted molar refractivity (Wildman–Crippen MR) is 150 cm³/mol. The normalized spacial score (nSPS) is 16.0. The molecule has 3 aromatic heterocycles. The lowest BCUT2D eigenvalue weighted by Crippen LogP contribution is -2.47. The number of aliphatic hydroxyl groups excluding tert-OH is 1. The molecule has 0 radical (unpaired) electrons. The lowest BCUT2D eigenvalue weighted by molar-refractivity contribution is 0.204. The molecule has 0 aliphatic carbocycles. The lowest BCUT2D eigenvalue weighted by Gasteiger charge is -2.34. The highest BCUT2D eigenvalue weighted by Crippen LogP contribution is 2.36. The summed E-state index contributed by atoms with van der Waals surface area (Å²) in [4.78, 5) is 10.8. The smallest absolute Gasteiger partial charge is 0.177 e. The Morgan fingerprint density at radius 1 is 1.21 bits per heavy atom. The number of nitrogens with one attached hydrogen (secondary N) is 1. The standard InChI is InChI=1S/C25H26Cl2FN7O3S/c1-13-22(27)21(17(26)11-30-13)24(29)38-20-8-16-19(9-18(20)28)32-33-23(16)14-7-15(12-36)25(31-10-14)34-3-5-35(6-4-34)39(2)37/h7-11,24,36H,3-6,12,29H2,1-2H3,(H,32,33)/t24-,39?/m0/s1. The van der Waals surface area contributed by atoms with Gasteiger partial charge in [0.15, 0.2) is 17.8 Å². The number of aromatic amines is 1. The van der Waals surface area contributed by atoms with E-state index in [1.165, 1.54) is 18.3 Å². The minimum Gasteiger partial charge on any atom is -0.468 e. The van der Waals surface area contributed by atoms with Crippen molar-refractivity contribution < 1.29 is 18.4 Å². The molecule has 0 saturated carbocycles. The third-order valence-corrected chi connectivity index (χ3v) is 8.50. The molecule has 1 unspecified atom stereocenters. The van der Waals surface area contributed by atoms with Gasteiger partial charge in [0.05, 0.1) is 38.8 Å². The molecule has 1 aromatic carbocycles. The van der Waals surface area contributed by atoms with Crippen molar-refractivity contribution in [3.8, 4) is 17.0 Å². The summed E-state index contributed by atoms with van der Waals surface area (Å²) in [5.74, 6) is -0.106. The van der Waals surface area contributed by atoms with Crippen molar-refractivity contribution in [1.82, 2.24) is 24.5 Å². The van der Waals surface area contributed by atoms with Crippen molar-refractivity contribution in [2.45, 2.75) is 19.8 Å². The number of benzene rings is 1. The summed E-state index contributed by atoms with van der Waals surface area (Å²) in [6.45, 7) is 4.00. The first-order chi connectivity index (χ1) is 18.7. The van der Waals surface area contributed by atoms with Gasteiger partial charge in [0.25, 0.3) is 0 Å². The SMILES string of the molecule is Cc1ncc(Cl)c([C@@H](N)Oc2cc3c(-c4cnc(N5CCN(S(C)=O)CC5)c(CO)c4)n[nH]c3cc2F)c1Cl. The molecule has 39 heavy (non-hydrogen) atoms. The topological polar surface area (TPSA) is 133 Å². The molecule has 0 spiro atoms. The number of aromatic nitrogens is 4. The van der Waals surface area contributed by atoms with Crippen molar-refractivity contribution in [3.05, 3.63) is 63.3 Å². The van der Waals surface area contributed by atoms with E-state index in [0.717, 1.165) is 0 Å². The summed E-state index contributed by atoms with van der Waals surface area (Å²) in [5, 5.41) is 18.3. The van der Waals surface area contributed by atoms with Crippen LogP contribution < -0.4 is 15.4 Å². The summed E-state index contributed by atoms with van der Waals surface area (Å²) >= 11 is 12.6. The first kappa shape index (κ1) is 27.7. The molecule has 4 heterocycles. The van der Waals surface area contributed by atoms with Gasteiger partial charge in [-0.05, 0) is 19.1 Å². The molecule has 10 nitrogen and oxygen atoms in total. The van der Waals surface area contributed by atoms with Crippen LogP contribution in [0.15, 0.2) is 30.6 Å². The first-order valence-electron chi connectivity index (χ1n) is 12.0. The van der Waals surface area contributed by atoms with Crippen molar-refractivity contribution >= 4 is 50.9 Å². The minimum atomic E-state index is -1.15. The van der Waals surface area contributed by atoms with E-state index in [-0.39, 0.29) is 22.4 Å². The van der Waals surface area contributed by atoms with Crippen LogP contribution in [0.4, 0.5) is 10.2 Å². The Hall–Kier alpha value is -2.87. The maximum Gasteiger partial charge on any atom is 0.177 e. The number of fused-ring (bicyclic) bond motifs is 1. The van der Waals surface area contributed by atoms with Gasteiger partial charge in [-0.15, -0.1) is 0 Å². The van der Waals surface area contributed by atoms with E-state index in [4.69, 9.17) is 33.7 Å². The second-order valence-corrected chi connectivity index (χ2v) is 11.2. The Morgan fingerprint density at radius 3 is 2.64 bits per heavy atom. The molecule has 14 heteroatoms. The fourth-order valence-corrected chi connectivity index (χ4v) is 5.79. The molecule has 4 aromatic rings. The van der Waals surface area contributed by atoms with Crippen LogP contribution in [0.25, 0.3) is 22.2 Å². The van der Waals surface area contributed by atoms with Crippen LogP contribution in [0.3, 0.4) is 0 Å². The third-order valence-electron chi connectivity index (χ3n) is 6.63. The molecule has 1 saturated heterocycles. The van der Waals surface area contributed by atoms with E-state index in [9.17, 15) is 13.7 Å². The van der Waals surface area contributed by atoms with Gasteiger partial charge in [0.1, 0.15) is 11.5 Å². The van der Waals surface area contributed by atoms with Gasteiger partial charge in [-0.1, -0.05) is 23.2 Å². The van der Waals surface area contributed by atoms with E-state index < -0.39 is 23.0 Å². The third kappa shape index (κ3) is 5.45. The number of aliphatic hydroxyl groups is 1. The average molecular weight is 595 g/mol. The van der Waals surface area contributed by atoms with Gasteiger partial charge >= 0.3 is 0 Å². The van der Waals surface area contributed by atoms with Gasteiger partial charge in [0.2, 0.25) is 0 Å². The molecule has 1 aliphatic heterocycles. The maximum absolute atomic E-state index is 15.0. The number of H-pyrrole nitrogens is 1. The molecule has 4 N–H and O–H groups in total. The molecule has 2 atom stereocenters. The summed E-state index contributed by atoms with van der Waals surface area (Å²) < 4.78 is 34.4. The minimum absolute atomic E-state index is 0.114. The first-order valence-corrected chi connectivity index (χ1v) is 14.3. The van der Waals surface area contributed by atoms with Gasteiger partial charge in [-0.2, -0.15) is 5.10 Å². The molecule has 0 bridgehead atoms. The molecule has 5 rings (SSSR count). The van der Waals surface area contributed by atoms with Crippen LogP contribution in [-0.4, -0.2) is 66.2 Å². The largest absolute Gasteiger partial charge is 0.468 e.